The summed E-state index contributed by atoms with van der Waals surface area (Å²) in [4.78, 5) is 2.49. The summed E-state index contributed by atoms with van der Waals surface area (Å²) in [5, 5.41) is 0. The molecule has 0 aromatic heterocycles. The van der Waals surface area contributed by atoms with Crippen molar-refractivity contribution >= 4 is 0 Å². The summed E-state index contributed by atoms with van der Waals surface area (Å²) in [6, 6.07) is 4.40. The van der Waals surface area contributed by atoms with Crippen molar-refractivity contribution in [2.75, 3.05) is 39.5 Å². The molecular formula is C16H24N2O2. The number of hydrogen-bond donors (Lipinski definition) is 1. The van der Waals surface area contributed by atoms with Crippen LogP contribution in [0.4, 0.5) is 0 Å². The molecule has 110 valence electrons. The first-order valence-electron chi connectivity index (χ1n) is 7.45. The van der Waals surface area contributed by atoms with E-state index in [1.807, 2.05) is 0 Å². The molecule has 1 fully saturated rings. The SMILES string of the molecule is Cc1ccc2c(c1C)OCCC2(CN)N1CCOCC1. The van der Waals surface area contributed by atoms with Crippen LogP contribution in [0, 0.1) is 13.8 Å². The molecule has 2 aliphatic rings. The minimum atomic E-state index is -0.0875. The third kappa shape index (κ3) is 2.03. The third-order valence-corrected chi connectivity index (χ3v) is 4.89. The van der Waals surface area contributed by atoms with Crippen molar-refractivity contribution in [1.82, 2.24) is 4.90 Å². The lowest BCUT2D eigenvalue weighted by atomic mass is 9.81. The number of rotatable bonds is 2. The first-order chi connectivity index (χ1) is 9.69. The van der Waals surface area contributed by atoms with E-state index in [0.717, 1.165) is 45.1 Å². The second kappa shape index (κ2) is 5.35. The van der Waals surface area contributed by atoms with Crippen LogP contribution in [0.2, 0.25) is 0 Å². The highest BCUT2D eigenvalue weighted by Gasteiger charge is 2.42. The summed E-state index contributed by atoms with van der Waals surface area (Å²) in [7, 11) is 0. The van der Waals surface area contributed by atoms with Crippen LogP contribution < -0.4 is 10.5 Å². The highest BCUT2D eigenvalue weighted by molar-refractivity contribution is 5.50. The van der Waals surface area contributed by atoms with Crippen LogP contribution >= 0.6 is 0 Å². The second-order valence-electron chi connectivity index (χ2n) is 5.82. The van der Waals surface area contributed by atoms with Gasteiger partial charge in [-0.2, -0.15) is 0 Å². The minimum absolute atomic E-state index is 0.0875. The number of fused-ring (bicyclic) bond motifs is 1. The standard InChI is InChI=1S/C16H24N2O2/c1-12-3-4-14-15(13(12)2)20-8-5-16(14,11-17)18-6-9-19-10-7-18/h3-4H,5-11,17H2,1-2H3. The van der Waals surface area contributed by atoms with Crippen molar-refractivity contribution in [3.05, 3.63) is 28.8 Å². The second-order valence-corrected chi connectivity index (χ2v) is 5.82. The highest BCUT2D eigenvalue weighted by atomic mass is 16.5. The summed E-state index contributed by atoms with van der Waals surface area (Å²) < 4.78 is 11.5. The topological polar surface area (TPSA) is 47.7 Å². The zero-order chi connectivity index (χ0) is 14.2. The zero-order valence-corrected chi connectivity index (χ0v) is 12.4. The molecule has 2 heterocycles. The number of ether oxygens (including phenoxy) is 2. The zero-order valence-electron chi connectivity index (χ0n) is 12.4. The molecule has 2 aliphatic heterocycles. The van der Waals surface area contributed by atoms with Gasteiger partial charge in [-0.05, 0) is 25.0 Å². The summed E-state index contributed by atoms with van der Waals surface area (Å²) in [5.74, 6) is 1.05. The molecule has 1 atom stereocenters. The Kier molecular flexibility index (Phi) is 3.71. The molecule has 0 aliphatic carbocycles. The van der Waals surface area contributed by atoms with Gasteiger partial charge in [0.1, 0.15) is 5.75 Å². The van der Waals surface area contributed by atoms with Gasteiger partial charge in [0.05, 0.1) is 25.4 Å². The van der Waals surface area contributed by atoms with Gasteiger partial charge >= 0.3 is 0 Å². The van der Waals surface area contributed by atoms with Crippen LogP contribution in [0.15, 0.2) is 12.1 Å². The van der Waals surface area contributed by atoms with Crippen LogP contribution in [-0.4, -0.2) is 44.4 Å². The van der Waals surface area contributed by atoms with E-state index in [9.17, 15) is 0 Å². The molecule has 0 radical (unpaired) electrons. The molecule has 0 spiro atoms. The predicted octanol–water partition coefficient (Wildman–Crippen LogP) is 1.57. The molecule has 1 saturated heterocycles. The quantitative estimate of drug-likeness (QED) is 0.891. The van der Waals surface area contributed by atoms with E-state index in [-0.39, 0.29) is 5.54 Å². The first kappa shape index (κ1) is 13.9. The Balaban J connectivity index is 2.08. The maximum absolute atomic E-state index is 6.23. The van der Waals surface area contributed by atoms with E-state index >= 15 is 0 Å². The molecule has 20 heavy (non-hydrogen) atoms. The van der Waals surface area contributed by atoms with Crippen molar-refractivity contribution in [3.8, 4) is 5.75 Å². The van der Waals surface area contributed by atoms with Gasteiger partial charge in [0.15, 0.2) is 0 Å². The Morgan fingerprint density at radius 1 is 1.20 bits per heavy atom. The number of morpholine rings is 1. The fourth-order valence-corrected chi connectivity index (χ4v) is 3.46. The average molecular weight is 276 g/mol. The Bertz CT molecular complexity index is 497. The van der Waals surface area contributed by atoms with Crippen LogP contribution in [-0.2, 0) is 10.3 Å². The molecule has 2 N–H and O–H groups in total. The predicted molar refractivity (Wildman–Crippen MR) is 79.2 cm³/mol. The monoisotopic (exact) mass is 276 g/mol. The van der Waals surface area contributed by atoms with Gasteiger partial charge in [0.2, 0.25) is 0 Å². The molecule has 0 bridgehead atoms. The highest BCUT2D eigenvalue weighted by Crippen LogP contribution is 2.43. The summed E-state index contributed by atoms with van der Waals surface area (Å²) >= 11 is 0. The lowest BCUT2D eigenvalue weighted by Crippen LogP contribution is -2.57. The normalized spacial score (nSPS) is 26.9. The number of benzene rings is 1. The molecular weight excluding hydrogens is 252 g/mol. The first-order valence-corrected chi connectivity index (χ1v) is 7.45. The third-order valence-electron chi connectivity index (χ3n) is 4.89. The Hall–Kier alpha value is -1.10. The fraction of sp³-hybridized carbons (Fsp3) is 0.625. The lowest BCUT2D eigenvalue weighted by molar-refractivity contribution is -0.0366. The molecule has 4 nitrogen and oxygen atoms in total. The smallest absolute Gasteiger partial charge is 0.127 e. The molecule has 1 unspecified atom stereocenters. The maximum atomic E-state index is 6.23. The number of nitrogens with two attached hydrogens (primary N) is 1. The summed E-state index contributed by atoms with van der Waals surface area (Å²) in [5.41, 5.74) is 9.93. The van der Waals surface area contributed by atoms with Crippen molar-refractivity contribution < 1.29 is 9.47 Å². The Morgan fingerprint density at radius 3 is 2.65 bits per heavy atom. The van der Waals surface area contributed by atoms with Gasteiger partial charge in [-0.15, -0.1) is 0 Å². The molecule has 0 amide bonds. The molecule has 1 aromatic carbocycles. The molecule has 1 aromatic rings. The Morgan fingerprint density at radius 2 is 1.95 bits per heavy atom. The van der Waals surface area contributed by atoms with Gasteiger partial charge in [0, 0.05) is 31.6 Å². The maximum Gasteiger partial charge on any atom is 0.127 e. The molecule has 3 rings (SSSR count). The van der Waals surface area contributed by atoms with Gasteiger partial charge < -0.3 is 15.2 Å². The van der Waals surface area contributed by atoms with Crippen molar-refractivity contribution in [2.45, 2.75) is 25.8 Å². The van der Waals surface area contributed by atoms with E-state index in [4.69, 9.17) is 15.2 Å². The van der Waals surface area contributed by atoms with Crippen LogP contribution in [0.5, 0.6) is 5.75 Å². The van der Waals surface area contributed by atoms with E-state index in [0.29, 0.717) is 6.54 Å². The molecule has 0 saturated carbocycles. The van der Waals surface area contributed by atoms with Crippen LogP contribution in [0.3, 0.4) is 0 Å². The fourth-order valence-electron chi connectivity index (χ4n) is 3.46. The van der Waals surface area contributed by atoms with E-state index < -0.39 is 0 Å². The average Bonchev–Trinajstić information content (AvgIpc) is 2.51. The van der Waals surface area contributed by atoms with E-state index in [2.05, 4.69) is 30.9 Å². The van der Waals surface area contributed by atoms with Crippen molar-refractivity contribution in [3.63, 3.8) is 0 Å². The van der Waals surface area contributed by atoms with Gasteiger partial charge in [-0.25, -0.2) is 0 Å². The van der Waals surface area contributed by atoms with Gasteiger partial charge in [-0.1, -0.05) is 12.1 Å². The number of nitrogens with zero attached hydrogens (tertiary/aromatic N) is 1. The van der Waals surface area contributed by atoms with Gasteiger partial charge in [0.25, 0.3) is 0 Å². The largest absolute Gasteiger partial charge is 0.493 e. The van der Waals surface area contributed by atoms with Crippen molar-refractivity contribution in [1.29, 1.82) is 0 Å². The summed E-state index contributed by atoms with van der Waals surface area (Å²) in [6.45, 7) is 9.13. The molecule has 4 heteroatoms. The summed E-state index contributed by atoms with van der Waals surface area (Å²) in [6.07, 6.45) is 0.957. The van der Waals surface area contributed by atoms with Gasteiger partial charge in [-0.3, -0.25) is 4.90 Å². The van der Waals surface area contributed by atoms with Crippen molar-refractivity contribution in [2.24, 2.45) is 5.73 Å². The van der Waals surface area contributed by atoms with E-state index in [1.54, 1.807) is 0 Å². The van der Waals surface area contributed by atoms with E-state index in [1.165, 1.54) is 16.7 Å². The Labute approximate surface area is 120 Å². The van der Waals surface area contributed by atoms with Crippen LogP contribution in [0.1, 0.15) is 23.1 Å². The number of hydrogen-bond acceptors (Lipinski definition) is 4. The van der Waals surface area contributed by atoms with Crippen LogP contribution in [0.25, 0.3) is 0 Å². The minimum Gasteiger partial charge on any atom is -0.493 e. The lowest BCUT2D eigenvalue weighted by Gasteiger charge is -2.48. The number of aryl methyl sites for hydroxylation is 1.